The predicted molar refractivity (Wildman–Crippen MR) is 102 cm³/mol. The van der Waals surface area contributed by atoms with Crippen molar-refractivity contribution in [3.05, 3.63) is 17.3 Å². The van der Waals surface area contributed by atoms with Crippen molar-refractivity contribution in [1.29, 1.82) is 5.26 Å². The summed E-state index contributed by atoms with van der Waals surface area (Å²) in [5.41, 5.74) is -0.630. The van der Waals surface area contributed by atoms with Crippen LogP contribution in [0.1, 0.15) is 43.9 Å². The van der Waals surface area contributed by atoms with Crippen molar-refractivity contribution in [2.75, 3.05) is 12.8 Å². The van der Waals surface area contributed by atoms with Crippen LogP contribution in [0.2, 0.25) is 0 Å². The van der Waals surface area contributed by atoms with Gasteiger partial charge in [0.15, 0.2) is 0 Å². The second-order valence-corrected chi connectivity index (χ2v) is 8.49. The third-order valence-electron chi connectivity index (χ3n) is 4.93. The number of amides is 1. The zero-order chi connectivity index (χ0) is 17.9. The average Bonchev–Trinajstić information content (AvgIpc) is 3.10. The summed E-state index contributed by atoms with van der Waals surface area (Å²) >= 11 is 3.11. The zero-order valence-electron chi connectivity index (χ0n) is 14.6. The molecule has 0 N–H and O–H groups in total. The van der Waals surface area contributed by atoms with Crippen LogP contribution >= 0.6 is 23.1 Å². The summed E-state index contributed by atoms with van der Waals surface area (Å²) in [5.74, 6) is 0.287. The number of rotatable bonds is 5. The van der Waals surface area contributed by atoms with E-state index >= 15 is 0 Å². The Morgan fingerprint density at radius 3 is 2.84 bits per heavy atom. The molecule has 1 saturated carbocycles. The van der Waals surface area contributed by atoms with Crippen molar-refractivity contribution in [1.82, 2.24) is 14.9 Å². The number of nitrogens with zero attached hydrogens (tertiary/aromatic N) is 4. The molecule has 1 aliphatic rings. The van der Waals surface area contributed by atoms with E-state index < -0.39 is 5.54 Å². The number of thioether (sulfide) groups is 1. The smallest absolute Gasteiger partial charge is 0.234 e. The maximum Gasteiger partial charge on any atom is 0.234 e. The maximum atomic E-state index is 12.7. The molecule has 25 heavy (non-hydrogen) atoms. The Labute approximate surface area is 156 Å². The highest BCUT2D eigenvalue weighted by molar-refractivity contribution is 8.00. The van der Waals surface area contributed by atoms with Crippen LogP contribution in [-0.4, -0.2) is 39.1 Å². The molecule has 0 aromatic carbocycles. The quantitative estimate of drug-likeness (QED) is 0.584. The molecule has 2 heterocycles. The maximum absolute atomic E-state index is 12.7. The van der Waals surface area contributed by atoms with Gasteiger partial charge in [-0.2, -0.15) is 5.26 Å². The van der Waals surface area contributed by atoms with Crippen molar-refractivity contribution >= 4 is 39.2 Å². The molecule has 0 aliphatic heterocycles. The largest absolute Gasteiger partial charge is 0.326 e. The summed E-state index contributed by atoms with van der Waals surface area (Å²) in [6, 6.07) is 4.53. The molecule has 3 rings (SSSR count). The lowest BCUT2D eigenvalue weighted by atomic mass is 9.81. The van der Waals surface area contributed by atoms with E-state index in [9.17, 15) is 10.1 Å². The van der Waals surface area contributed by atoms with Crippen molar-refractivity contribution in [3.63, 3.8) is 0 Å². The normalized spacial score (nSPS) is 16.5. The SMILES string of the molecule is CCc1cc2c(SCC(=O)N(C)C3(C#N)CCCCC3)ncnc2s1. The molecular formula is C18H22N4OS2. The summed E-state index contributed by atoms with van der Waals surface area (Å²) in [6.07, 6.45) is 7.26. The Morgan fingerprint density at radius 1 is 1.40 bits per heavy atom. The van der Waals surface area contributed by atoms with Gasteiger partial charge in [0, 0.05) is 17.3 Å². The highest BCUT2D eigenvalue weighted by Gasteiger charge is 2.38. The van der Waals surface area contributed by atoms with Gasteiger partial charge in [-0.25, -0.2) is 9.97 Å². The highest BCUT2D eigenvalue weighted by atomic mass is 32.2. The van der Waals surface area contributed by atoms with Crippen LogP contribution in [-0.2, 0) is 11.2 Å². The van der Waals surface area contributed by atoms with Gasteiger partial charge in [-0.1, -0.05) is 37.9 Å². The molecule has 5 nitrogen and oxygen atoms in total. The van der Waals surface area contributed by atoms with E-state index in [4.69, 9.17) is 0 Å². The second kappa shape index (κ2) is 7.71. The van der Waals surface area contributed by atoms with E-state index in [2.05, 4.69) is 29.0 Å². The van der Waals surface area contributed by atoms with Crippen LogP contribution in [0.4, 0.5) is 0 Å². The monoisotopic (exact) mass is 374 g/mol. The molecule has 1 aliphatic carbocycles. The van der Waals surface area contributed by atoms with Gasteiger partial charge < -0.3 is 4.90 Å². The number of carbonyl (C=O) groups is 1. The second-order valence-electron chi connectivity index (χ2n) is 6.41. The number of aryl methyl sites for hydroxylation is 1. The standard InChI is InChI=1S/C18H22N4OS2/c1-3-13-9-14-16(20-12-21-17(14)25-13)24-10-15(23)22(2)18(11-19)7-5-4-6-8-18/h9,12H,3-8,10H2,1-2H3. The van der Waals surface area contributed by atoms with E-state index in [0.29, 0.717) is 5.75 Å². The molecule has 2 aromatic heterocycles. The van der Waals surface area contributed by atoms with Crippen LogP contribution in [0.3, 0.4) is 0 Å². The predicted octanol–water partition coefficient (Wildman–Crippen LogP) is 4.03. The van der Waals surface area contributed by atoms with Gasteiger partial charge >= 0.3 is 0 Å². The molecule has 132 valence electrons. The van der Waals surface area contributed by atoms with E-state index in [1.807, 2.05) is 0 Å². The van der Waals surface area contributed by atoms with Crippen LogP contribution in [0, 0.1) is 11.3 Å². The molecule has 2 aromatic rings. The van der Waals surface area contributed by atoms with E-state index in [0.717, 1.165) is 53.8 Å². The van der Waals surface area contributed by atoms with Crippen LogP contribution in [0.5, 0.6) is 0 Å². The molecule has 0 atom stereocenters. The molecular weight excluding hydrogens is 352 g/mol. The van der Waals surface area contributed by atoms with Crippen LogP contribution in [0.15, 0.2) is 17.4 Å². The zero-order valence-corrected chi connectivity index (χ0v) is 16.3. The summed E-state index contributed by atoms with van der Waals surface area (Å²) in [5, 5.41) is 11.5. The third kappa shape index (κ3) is 3.65. The van der Waals surface area contributed by atoms with Crippen molar-refractivity contribution in [3.8, 4) is 6.07 Å². The number of fused-ring (bicyclic) bond motifs is 1. The Morgan fingerprint density at radius 2 is 2.16 bits per heavy atom. The van der Waals surface area contributed by atoms with Crippen molar-refractivity contribution < 1.29 is 4.79 Å². The lowest BCUT2D eigenvalue weighted by Crippen LogP contribution is -2.50. The summed E-state index contributed by atoms with van der Waals surface area (Å²) in [6.45, 7) is 2.12. The van der Waals surface area contributed by atoms with Crippen molar-refractivity contribution in [2.45, 2.75) is 56.0 Å². The number of hydrogen-bond donors (Lipinski definition) is 0. The lowest BCUT2D eigenvalue weighted by Gasteiger charge is -2.39. The number of aromatic nitrogens is 2. The lowest BCUT2D eigenvalue weighted by molar-refractivity contribution is -0.131. The first kappa shape index (κ1) is 18.2. The Balaban J connectivity index is 1.72. The van der Waals surface area contributed by atoms with Gasteiger partial charge in [0.1, 0.15) is 21.7 Å². The Bertz CT molecular complexity index is 805. The number of hydrogen-bond acceptors (Lipinski definition) is 6. The number of nitriles is 1. The first-order valence-corrected chi connectivity index (χ1v) is 10.4. The molecule has 0 bridgehead atoms. The van der Waals surface area contributed by atoms with Crippen LogP contribution in [0.25, 0.3) is 10.2 Å². The number of thiophene rings is 1. The van der Waals surface area contributed by atoms with Gasteiger partial charge in [-0.15, -0.1) is 11.3 Å². The minimum atomic E-state index is -0.630. The van der Waals surface area contributed by atoms with Gasteiger partial charge in [0.2, 0.25) is 5.91 Å². The summed E-state index contributed by atoms with van der Waals surface area (Å²) in [4.78, 5) is 25.3. The Hall–Kier alpha value is -1.65. The van der Waals surface area contributed by atoms with Gasteiger partial charge in [-0.3, -0.25) is 4.79 Å². The fourth-order valence-electron chi connectivity index (χ4n) is 3.30. The fourth-order valence-corrected chi connectivity index (χ4v) is 5.18. The highest BCUT2D eigenvalue weighted by Crippen LogP contribution is 2.34. The topological polar surface area (TPSA) is 69.9 Å². The van der Waals surface area contributed by atoms with Crippen LogP contribution < -0.4 is 0 Å². The van der Waals surface area contributed by atoms with Crippen molar-refractivity contribution in [2.24, 2.45) is 0 Å². The third-order valence-corrected chi connectivity index (χ3v) is 7.11. The molecule has 0 spiro atoms. The Kier molecular flexibility index (Phi) is 5.60. The summed E-state index contributed by atoms with van der Waals surface area (Å²) < 4.78 is 0. The molecule has 7 heteroatoms. The summed E-state index contributed by atoms with van der Waals surface area (Å²) in [7, 11) is 1.77. The molecule has 0 saturated heterocycles. The molecule has 0 radical (unpaired) electrons. The van der Waals surface area contributed by atoms with Gasteiger partial charge in [0.05, 0.1) is 11.8 Å². The fraction of sp³-hybridized carbons (Fsp3) is 0.556. The van der Waals surface area contributed by atoms with E-state index in [-0.39, 0.29) is 5.91 Å². The van der Waals surface area contributed by atoms with Gasteiger partial charge in [0.25, 0.3) is 0 Å². The van der Waals surface area contributed by atoms with E-state index in [1.54, 1.807) is 29.6 Å². The molecule has 0 unspecified atom stereocenters. The van der Waals surface area contributed by atoms with Gasteiger partial charge in [-0.05, 0) is 25.3 Å². The minimum absolute atomic E-state index is 0.00819. The first-order valence-electron chi connectivity index (χ1n) is 8.64. The average molecular weight is 375 g/mol. The first-order chi connectivity index (χ1) is 12.1. The minimum Gasteiger partial charge on any atom is -0.326 e. The number of carbonyl (C=O) groups excluding carboxylic acids is 1. The molecule has 1 fully saturated rings. The van der Waals surface area contributed by atoms with E-state index in [1.165, 1.54) is 16.6 Å². The molecule has 1 amide bonds.